The highest BCUT2D eigenvalue weighted by molar-refractivity contribution is 7.89. The largest absolute Gasteiger partial charge is 0.381 e. The van der Waals surface area contributed by atoms with Crippen LogP contribution in [0.1, 0.15) is 19.0 Å². The first kappa shape index (κ1) is 13.6. The maximum atomic E-state index is 12.1. The van der Waals surface area contributed by atoms with Crippen molar-refractivity contribution in [3.8, 4) is 0 Å². The fourth-order valence-corrected chi connectivity index (χ4v) is 2.68. The fourth-order valence-electron chi connectivity index (χ4n) is 1.60. The highest BCUT2D eigenvalue weighted by Gasteiger charge is 2.20. The van der Waals surface area contributed by atoms with Crippen LogP contribution in [0.2, 0.25) is 0 Å². The molecule has 0 saturated heterocycles. The molecule has 8 nitrogen and oxygen atoms in total. The molecule has 104 valence electrons. The zero-order chi connectivity index (χ0) is 13.9. The van der Waals surface area contributed by atoms with Crippen molar-refractivity contribution in [3.63, 3.8) is 0 Å². The lowest BCUT2D eigenvalue weighted by Crippen LogP contribution is -2.23. The Morgan fingerprint density at radius 2 is 2.32 bits per heavy atom. The van der Waals surface area contributed by atoms with E-state index in [4.69, 9.17) is 5.73 Å². The summed E-state index contributed by atoms with van der Waals surface area (Å²) in [6.45, 7) is 2.73. The molecule has 0 atom stereocenters. The molecule has 0 unspecified atom stereocenters. The summed E-state index contributed by atoms with van der Waals surface area (Å²) < 4.78 is 28.1. The molecule has 0 amide bonds. The second-order valence-electron chi connectivity index (χ2n) is 4.05. The molecular weight excluding hydrogens is 268 g/mol. The Labute approximate surface area is 111 Å². The maximum absolute atomic E-state index is 12.1. The number of hydrogen-bond acceptors (Lipinski definition) is 5. The molecule has 2 heterocycles. The van der Waals surface area contributed by atoms with Crippen molar-refractivity contribution < 1.29 is 8.42 Å². The monoisotopic (exact) mass is 284 g/mol. The Bertz CT molecular complexity index is 631. The molecule has 0 aliphatic rings. The van der Waals surface area contributed by atoms with Gasteiger partial charge in [-0.3, -0.25) is 9.78 Å². The van der Waals surface area contributed by atoms with Crippen molar-refractivity contribution in [1.29, 1.82) is 0 Å². The van der Waals surface area contributed by atoms with Gasteiger partial charge < -0.3 is 5.73 Å². The average Bonchev–Trinajstić information content (AvgIpc) is 2.97. The van der Waals surface area contributed by atoms with E-state index in [1.807, 2.05) is 6.92 Å². The molecule has 19 heavy (non-hydrogen) atoms. The smallest absolute Gasteiger partial charge is 0.246 e. The van der Waals surface area contributed by atoms with E-state index >= 15 is 0 Å². The van der Waals surface area contributed by atoms with Crippen LogP contribution < -0.4 is 10.5 Å². The van der Waals surface area contributed by atoms with Crippen molar-refractivity contribution in [1.82, 2.24) is 24.7 Å². The van der Waals surface area contributed by atoms with Gasteiger partial charge in [-0.25, -0.2) is 13.1 Å². The van der Waals surface area contributed by atoms with E-state index in [9.17, 15) is 8.42 Å². The second-order valence-corrected chi connectivity index (χ2v) is 5.78. The van der Waals surface area contributed by atoms with Gasteiger partial charge in [0.1, 0.15) is 4.90 Å². The van der Waals surface area contributed by atoms with Crippen LogP contribution in [0, 0.1) is 0 Å². The number of nitrogens with one attached hydrogen (secondary N) is 2. The number of nitrogens with zero attached hydrogens (tertiary/aromatic N) is 3. The summed E-state index contributed by atoms with van der Waals surface area (Å²) >= 11 is 0. The summed E-state index contributed by atoms with van der Waals surface area (Å²) in [5.41, 5.74) is 6.30. The van der Waals surface area contributed by atoms with Gasteiger partial charge in [0, 0.05) is 18.9 Å². The van der Waals surface area contributed by atoms with Crippen molar-refractivity contribution in [3.05, 3.63) is 24.2 Å². The first-order valence-electron chi connectivity index (χ1n) is 5.83. The predicted octanol–water partition coefficient (Wildman–Crippen LogP) is 0.0769. The van der Waals surface area contributed by atoms with Crippen molar-refractivity contribution in [2.75, 3.05) is 5.73 Å². The number of anilines is 1. The Hall–Kier alpha value is -1.87. The minimum absolute atomic E-state index is 0.000431. The molecule has 0 aromatic carbocycles. The van der Waals surface area contributed by atoms with Gasteiger partial charge in [0.25, 0.3) is 0 Å². The van der Waals surface area contributed by atoms with Gasteiger partial charge >= 0.3 is 0 Å². The quantitative estimate of drug-likeness (QED) is 0.694. The molecule has 0 spiro atoms. The van der Waals surface area contributed by atoms with Gasteiger partial charge in [-0.2, -0.15) is 10.2 Å². The van der Waals surface area contributed by atoms with Gasteiger partial charge in [-0.1, -0.05) is 6.92 Å². The van der Waals surface area contributed by atoms with Gasteiger partial charge in [-0.05, 0) is 12.5 Å². The second kappa shape index (κ2) is 5.41. The zero-order valence-corrected chi connectivity index (χ0v) is 11.3. The number of hydrogen-bond donors (Lipinski definition) is 3. The molecule has 0 fully saturated rings. The van der Waals surface area contributed by atoms with Gasteiger partial charge in [-0.15, -0.1) is 0 Å². The topological polar surface area (TPSA) is 119 Å². The number of H-pyrrole nitrogens is 1. The van der Waals surface area contributed by atoms with E-state index in [0.717, 1.165) is 6.42 Å². The van der Waals surface area contributed by atoms with Crippen molar-refractivity contribution >= 4 is 15.8 Å². The third kappa shape index (κ3) is 3.12. The number of nitrogens with two attached hydrogens (primary N) is 1. The summed E-state index contributed by atoms with van der Waals surface area (Å²) in [5.74, 6) is 0.00515. The number of nitrogen functional groups attached to an aromatic ring is 1. The Morgan fingerprint density at radius 3 is 2.95 bits per heavy atom. The fraction of sp³-hybridized carbons (Fsp3) is 0.400. The molecule has 0 radical (unpaired) electrons. The first-order valence-corrected chi connectivity index (χ1v) is 7.32. The van der Waals surface area contributed by atoms with E-state index in [0.29, 0.717) is 12.2 Å². The van der Waals surface area contributed by atoms with Crippen LogP contribution in [0.3, 0.4) is 0 Å². The molecule has 0 aliphatic carbocycles. The highest BCUT2D eigenvalue weighted by atomic mass is 32.2. The molecule has 2 aromatic rings. The molecule has 0 aliphatic heterocycles. The number of aromatic amines is 1. The highest BCUT2D eigenvalue weighted by Crippen LogP contribution is 2.16. The SMILES string of the molecule is CCCn1cc(S(=O)(=O)NCc2ccn[nH]2)c(N)n1. The number of rotatable bonds is 6. The summed E-state index contributed by atoms with van der Waals surface area (Å²) in [6.07, 6.45) is 3.84. The van der Waals surface area contributed by atoms with Crippen LogP contribution in [-0.4, -0.2) is 28.4 Å². The lowest BCUT2D eigenvalue weighted by Gasteiger charge is -2.03. The average molecular weight is 284 g/mol. The van der Waals surface area contributed by atoms with Crippen LogP contribution >= 0.6 is 0 Å². The third-order valence-corrected chi connectivity index (χ3v) is 3.93. The summed E-state index contributed by atoms with van der Waals surface area (Å²) in [6, 6.07) is 1.69. The third-order valence-electron chi connectivity index (χ3n) is 2.51. The van der Waals surface area contributed by atoms with Crippen LogP contribution in [0.15, 0.2) is 23.4 Å². The molecule has 9 heteroatoms. The van der Waals surface area contributed by atoms with E-state index in [-0.39, 0.29) is 17.3 Å². The summed E-state index contributed by atoms with van der Waals surface area (Å²) in [4.78, 5) is 0.000431. The van der Waals surface area contributed by atoms with E-state index < -0.39 is 10.0 Å². The van der Waals surface area contributed by atoms with Gasteiger partial charge in [0.2, 0.25) is 10.0 Å². The number of aryl methyl sites for hydroxylation is 1. The predicted molar refractivity (Wildman–Crippen MR) is 69.5 cm³/mol. The van der Waals surface area contributed by atoms with Crippen LogP contribution in [0.4, 0.5) is 5.82 Å². The minimum Gasteiger partial charge on any atom is -0.381 e. The number of sulfonamides is 1. The van der Waals surface area contributed by atoms with Gasteiger partial charge in [0.15, 0.2) is 5.82 Å². The summed E-state index contributed by atoms with van der Waals surface area (Å²) in [5, 5.41) is 10.4. The van der Waals surface area contributed by atoms with Crippen LogP contribution in [-0.2, 0) is 23.1 Å². The van der Waals surface area contributed by atoms with Crippen LogP contribution in [0.5, 0.6) is 0 Å². The standard InChI is InChI=1S/C10H16N6O2S/c1-2-5-16-7-9(10(11)15-16)19(17,18)13-6-8-3-4-12-14-8/h3-4,7,13H,2,5-6H2,1H3,(H2,11,15)(H,12,14). The van der Waals surface area contributed by atoms with E-state index in [1.165, 1.54) is 10.9 Å². The molecule has 4 N–H and O–H groups in total. The molecule has 0 saturated carbocycles. The van der Waals surface area contributed by atoms with Crippen LogP contribution in [0.25, 0.3) is 0 Å². The van der Waals surface area contributed by atoms with Gasteiger partial charge in [0.05, 0.1) is 12.2 Å². The minimum atomic E-state index is -3.67. The molecule has 0 bridgehead atoms. The molecular formula is C10H16N6O2S. The lowest BCUT2D eigenvalue weighted by molar-refractivity contribution is 0.578. The van der Waals surface area contributed by atoms with E-state index in [1.54, 1.807) is 12.3 Å². The normalized spacial score (nSPS) is 11.8. The summed E-state index contributed by atoms with van der Waals surface area (Å²) in [7, 11) is -3.67. The lowest BCUT2D eigenvalue weighted by atomic mass is 10.4. The Morgan fingerprint density at radius 1 is 1.53 bits per heavy atom. The molecule has 2 rings (SSSR count). The zero-order valence-electron chi connectivity index (χ0n) is 10.5. The van der Waals surface area contributed by atoms with E-state index in [2.05, 4.69) is 20.0 Å². The van der Waals surface area contributed by atoms with Crippen molar-refractivity contribution in [2.24, 2.45) is 0 Å². The number of aromatic nitrogens is 4. The Balaban J connectivity index is 2.14. The maximum Gasteiger partial charge on any atom is 0.246 e. The Kier molecular flexibility index (Phi) is 3.86. The van der Waals surface area contributed by atoms with Crippen molar-refractivity contribution in [2.45, 2.75) is 31.3 Å². The first-order chi connectivity index (χ1) is 9.03. The molecule has 2 aromatic heterocycles.